The zero-order valence-electron chi connectivity index (χ0n) is 22.7. The molecular formula is C30H31N5O6S. The maximum atomic E-state index is 13.2. The van der Waals surface area contributed by atoms with Gasteiger partial charge in [-0.25, -0.2) is 13.4 Å². The molecule has 4 aromatic rings. The van der Waals surface area contributed by atoms with E-state index in [2.05, 4.69) is 14.8 Å². The van der Waals surface area contributed by atoms with E-state index in [1.807, 2.05) is 54.6 Å². The lowest BCUT2D eigenvalue weighted by molar-refractivity contribution is -0.139. The van der Waals surface area contributed by atoms with Crippen LogP contribution in [0.1, 0.15) is 35.8 Å². The number of para-hydroxylation sites is 1. The highest BCUT2D eigenvalue weighted by atomic mass is 32.2. The number of nitrogens with one attached hydrogen (secondary N) is 1. The Hall–Kier alpha value is -4.55. The third-order valence-electron chi connectivity index (χ3n) is 6.97. The summed E-state index contributed by atoms with van der Waals surface area (Å²) in [5.41, 5.74) is 1.87. The van der Waals surface area contributed by atoms with Crippen molar-refractivity contribution in [2.24, 2.45) is 0 Å². The average molecular weight is 590 g/mol. The molecule has 2 atom stereocenters. The molecular weight excluding hydrogens is 558 g/mol. The Bertz CT molecular complexity index is 1610. The lowest BCUT2D eigenvalue weighted by Gasteiger charge is -2.22. The highest BCUT2D eigenvalue weighted by Crippen LogP contribution is 2.30. The van der Waals surface area contributed by atoms with Gasteiger partial charge in [-0.05, 0) is 48.2 Å². The van der Waals surface area contributed by atoms with Crippen molar-refractivity contribution in [1.29, 1.82) is 0 Å². The number of nitrogens with zero attached hydrogens (tertiary/aromatic N) is 4. The lowest BCUT2D eigenvalue weighted by atomic mass is 10.1. The fourth-order valence-corrected chi connectivity index (χ4v) is 6.01. The maximum Gasteiger partial charge on any atom is 0.323 e. The van der Waals surface area contributed by atoms with E-state index in [4.69, 9.17) is 4.74 Å². The number of rotatable bonds is 12. The number of ether oxygens (including phenoxy) is 1. The van der Waals surface area contributed by atoms with Gasteiger partial charge in [-0.3, -0.25) is 14.3 Å². The van der Waals surface area contributed by atoms with Crippen LogP contribution in [0.5, 0.6) is 5.75 Å². The predicted octanol–water partition coefficient (Wildman–Crippen LogP) is 3.20. The van der Waals surface area contributed by atoms with Crippen molar-refractivity contribution < 1.29 is 27.9 Å². The number of benzene rings is 3. The number of aromatic nitrogens is 3. The molecule has 1 aliphatic heterocycles. The zero-order chi connectivity index (χ0) is 29.5. The maximum absolute atomic E-state index is 13.2. The smallest absolute Gasteiger partial charge is 0.323 e. The standard InChI is InChI=1S/C30H31N5O6S/c36-28(18-22-13-15-23(16-14-22)20-41-24-8-3-1-4-9-24)35-17-7-12-27(35)29-31-21-34(32-29)19-26(30(37)38)33-42(39,40)25-10-5-2-6-11-25/h1-6,8-11,13-16,21,26-27,33H,7,12,17-20H2,(H,37,38). The van der Waals surface area contributed by atoms with Crippen molar-refractivity contribution in [3.05, 3.63) is 108 Å². The summed E-state index contributed by atoms with van der Waals surface area (Å²) in [4.78, 5) is 31.2. The molecule has 1 amide bonds. The van der Waals surface area contributed by atoms with Gasteiger partial charge in [0.25, 0.3) is 0 Å². The minimum atomic E-state index is -4.05. The molecule has 218 valence electrons. The number of carboxylic acid groups (broad SMARTS) is 1. The van der Waals surface area contributed by atoms with Gasteiger partial charge in [0.1, 0.15) is 24.7 Å². The normalized spacial score (nSPS) is 15.8. The monoisotopic (exact) mass is 589 g/mol. The van der Waals surface area contributed by atoms with Gasteiger partial charge in [0, 0.05) is 6.54 Å². The van der Waals surface area contributed by atoms with Crippen LogP contribution in [-0.4, -0.2) is 57.7 Å². The van der Waals surface area contributed by atoms with Crippen LogP contribution >= 0.6 is 0 Å². The van der Waals surface area contributed by atoms with E-state index in [1.54, 1.807) is 23.1 Å². The van der Waals surface area contributed by atoms with Gasteiger partial charge < -0.3 is 14.7 Å². The first-order valence-electron chi connectivity index (χ1n) is 13.5. The summed E-state index contributed by atoms with van der Waals surface area (Å²) in [6.07, 6.45) is 3.04. The van der Waals surface area contributed by atoms with Crippen LogP contribution in [0.25, 0.3) is 0 Å². The molecule has 42 heavy (non-hydrogen) atoms. The molecule has 3 aromatic carbocycles. The van der Waals surface area contributed by atoms with Gasteiger partial charge in [-0.1, -0.05) is 60.7 Å². The number of sulfonamides is 1. The molecule has 12 heteroatoms. The summed E-state index contributed by atoms with van der Waals surface area (Å²) in [7, 11) is -4.05. The number of aliphatic carboxylic acids is 1. The summed E-state index contributed by atoms with van der Waals surface area (Å²) in [6.45, 7) is 0.724. The van der Waals surface area contributed by atoms with Gasteiger partial charge in [-0.2, -0.15) is 9.82 Å². The SMILES string of the molecule is O=C(O)C(Cn1cnc(C2CCCN2C(=O)Cc2ccc(COc3ccccc3)cc2)n1)NS(=O)(=O)c1ccccc1. The summed E-state index contributed by atoms with van der Waals surface area (Å²) in [6, 6.07) is 23.0. The van der Waals surface area contributed by atoms with Gasteiger partial charge in [0.15, 0.2) is 5.82 Å². The lowest BCUT2D eigenvalue weighted by Crippen LogP contribution is -2.43. The molecule has 2 N–H and O–H groups in total. The first-order chi connectivity index (χ1) is 20.3. The van der Waals surface area contributed by atoms with Crippen LogP contribution < -0.4 is 9.46 Å². The predicted molar refractivity (Wildman–Crippen MR) is 153 cm³/mol. The van der Waals surface area contributed by atoms with Crippen LogP contribution in [0.2, 0.25) is 0 Å². The highest BCUT2D eigenvalue weighted by molar-refractivity contribution is 7.89. The largest absolute Gasteiger partial charge is 0.489 e. The summed E-state index contributed by atoms with van der Waals surface area (Å²) >= 11 is 0. The second-order valence-electron chi connectivity index (χ2n) is 9.99. The first-order valence-corrected chi connectivity index (χ1v) is 15.0. The number of hydrogen-bond acceptors (Lipinski definition) is 7. The van der Waals surface area contributed by atoms with Crippen LogP contribution in [0, 0.1) is 0 Å². The fraction of sp³-hybridized carbons (Fsp3) is 0.267. The molecule has 0 bridgehead atoms. The van der Waals surface area contributed by atoms with Gasteiger partial charge >= 0.3 is 5.97 Å². The number of likely N-dealkylation sites (tertiary alicyclic amines) is 1. The van der Waals surface area contributed by atoms with Crippen molar-refractivity contribution in [3.8, 4) is 5.75 Å². The zero-order valence-corrected chi connectivity index (χ0v) is 23.6. The van der Waals surface area contributed by atoms with Crippen molar-refractivity contribution in [2.75, 3.05) is 6.54 Å². The molecule has 0 spiro atoms. The number of carbonyl (C=O) groups is 2. The number of amides is 1. The third kappa shape index (κ3) is 7.20. The Balaban J connectivity index is 1.19. The summed E-state index contributed by atoms with van der Waals surface area (Å²) < 4.78 is 34.6. The van der Waals surface area contributed by atoms with E-state index < -0.39 is 22.0 Å². The molecule has 1 aliphatic rings. The summed E-state index contributed by atoms with van der Waals surface area (Å²) in [5.74, 6) is -0.216. The van der Waals surface area contributed by atoms with Gasteiger partial charge in [-0.15, -0.1) is 0 Å². The van der Waals surface area contributed by atoms with Crippen molar-refractivity contribution in [3.63, 3.8) is 0 Å². The fourth-order valence-electron chi connectivity index (χ4n) is 4.80. The summed E-state index contributed by atoms with van der Waals surface area (Å²) in [5, 5.41) is 14.1. The number of hydrogen-bond donors (Lipinski definition) is 2. The van der Waals surface area contributed by atoms with Crippen LogP contribution in [0.3, 0.4) is 0 Å². The topological polar surface area (TPSA) is 144 Å². The molecule has 0 radical (unpaired) electrons. The molecule has 1 aromatic heterocycles. The second kappa shape index (κ2) is 13.0. The number of carbonyl (C=O) groups excluding carboxylic acids is 1. The van der Waals surface area contributed by atoms with Crippen LogP contribution in [-0.2, 0) is 39.2 Å². The molecule has 0 aliphatic carbocycles. The molecule has 1 fully saturated rings. The molecule has 2 heterocycles. The third-order valence-corrected chi connectivity index (χ3v) is 8.46. The van der Waals surface area contributed by atoms with Gasteiger partial charge in [0.05, 0.1) is 23.9 Å². The van der Waals surface area contributed by atoms with Crippen molar-refractivity contribution in [1.82, 2.24) is 24.4 Å². The Kier molecular flexibility index (Phi) is 8.94. The van der Waals surface area contributed by atoms with E-state index >= 15 is 0 Å². The Morgan fingerprint density at radius 3 is 2.33 bits per heavy atom. The van der Waals surface area contributed by atoms with Crippen molar-refractivity contribution in [2.45, 2.75) is 49.4 Å². The van der Waals surface area contributed by atoms with E-state index in [0.717, 1.165) is 23.3 Å². The van der Waals surface area contributed by atoms with E-state index in [1.165, 1.54) is 23.1 Å². The quantitative estimate of drug-likeness (QED) is 0.256. The number of carboxylic acids is 1. The molecule has 2 unspecified atom stereocenters. The minimum Gasteiger partial charge on any atom is -0.489 e. The highest BCUT2D eigenvalue weighted by Gasteiger charge is 2.33. The molecule has 5 rings (SSSR count). The van der Waals surface area contributed by atoms with Crippen LogP contribution in [0.15, 0.2) is 96.2 Å². The average Bonchev–Trinajstić information content (AvgIpc) is 3.67. The molecule has 1 saturated heterocycles. The second-order valence-corrected chi connectivity index (χ2v) is 11.7. The first kappa shape index (κ1) is 29.0. The van der Waals surface area contributed by atoms with Crippen molar-refractivity contribution >= 4 is 21.9 Å². The van der Waals surface area contributed by atoms with E-state index in [0.29, 0.717) is 25.4 Å². The minimum absolute atomic E-state index is 0.0363. The van der Waals surface area contributed by atoms with E-state index in [-0.39, 0.29) is 29.8 Å². The Labute approximate surface area is 243 Å². The molecule has 11 nitrogen and oxygen atoms in total. The molecule has 0 saturated carbocycles. The van der Waals surface area contributed by atoms with E-state index in [9.17, 15) is 23.1 Å². The Morgan fingerprint density at radius 2 is 1.64 bits per heavy atom. The van der Waals surface area contributed by atoms with Gasteiger partial charge in [0.2, 0.25) is 15.9 Å². The van der Waals surface area contributed by atoms with Crippen LogP contribution in [0.4, 0.5) is 0 Å². The Morgan fingerprint density at radius 1 is 0.976 bits per heavy atom.